The predicted molar refractivity (Wildman–Crippen MR) is 96.3 cm³/mol. The highest BCUT2D eigenvalue weighted by Gasteiger charge is 2.41. The molecule has 0 aliphatic carbocycles. The van der Waals surface area contributed by atoms with Gasteiger partial charge in [-0.2, -0.15) is 5.10 Å². The Labute approximate surface area is 144 Å². The summed E-state index contributed by atoms with van der Waals surface area (Å²) in [6.07, 6.45) is 0.762. The molecule has 0 N–H and O–H groups in total. The van der Waals surface area contributed by atoms with E-state index in [2.05, 4.69) is 65.0 Å². The summed E-state index contributed by atoms with van der Waals surface area (Å²) in [6, 6.07) is 23.2. The quantitative estimate of drug-likeness (QED) is 0.660. The summed E-state index contributed by atoms with van der Waals surface area (Å²) in [6.45, 7) is 0. The summed E-state index contributed by atoms with van der Waals surface area (Å²) < 4.78 is 6.30. The highest BCUT2D eigenvalue weighted by molar-refractivity contribution is 7.10. The molecule has 3 heterocycles. The van der Waals surface area contributed by atoms with Gasteiger partial charge in [0.2, 0.25) is 6.23 Å². The van der Waals surface area contributed by atoms with Crippen molar-refractivity contribution in [2.75, 3.05) is 0 Å². The van der Waals surface area contributed by atoms with E-state index in [1.165, 1.54) is 16.0 Å². The molecule has 0 bridgehead atoms. The molecule has 2 atom stereocenters. The second kappa shape index (κ2) is 5.49. The summed E-state index contributed by atoms with van der Waals surface area (Å²) in [7, 11) is 0. The van der Waals surface area contributed by atoms with Gasteiger partial charge >= 0.3 is 0 Å². The van der Waals surface area contributed by atoms with Gasteiger partial charge in [0.1, 0.15) is 5.75 Å². The number of fused-ring (bicyclic) bond motifs is 3. The number of para-hydroxylation sites is 1. The van der Waals surface area contributed by atoms with Gasteiger partial charge in [0.05, 0.1) is 16.6 Å². The molecule has 118 valence electrons. The average molecular weight is 332 g/mol. The van der Waals surface area contributed by atoms with Crippen LogP contribution in [0.5, 0.6) is 5.75 Å². The molecule has 2 aliphatic heterocycles. The number of hydrogen-bond donors (Lipinski definition) is 0. The maximum absolute atomic E-state index is 6.30. The van der Waals surface area contributed by atoms with Crippen molar-refractivity contribution in [3.8, 4) is 5.75 Å². The summed E-state index contributed by atoms with van der Waals surface area (Å²) in [5, 5.41) is 9.17. The van der Waals surface area contributed by atoms with E-state index in [-0.39, 0.29) is 12.3 Å². The Morgan fingerprint density at radius 2 is 1.79 bits per heavy atom. The lowest BCUT2D eigenvalue weighted by Crippen LogP contribution is -2.33. The van der Waals surface area contributed by atoms with Gasteiger partial charge in [-0.3, -0.25) is 0 Å². The maximum Gasteiger partial charge on any atom is 0.222 e. The van der Waals surface area contributed by atoms with E-state index in [4.69, 9.17) is 9.84 Å². The topological polar surface area (TPSA) is 24.8 Å². The molecular formula is C20H16N2OS. The zero-order chi connectivity index (χ0) is 15.9. The summed E-state index contributed by atoms with van der Waals surface area (Å²) in [5.74, 6) is 0.974. The second-order valence-electron chi connectivity index (χ2n) is 6.04. The van der Waals surface area contributed by atoms with Gasteiger partial charge in [-0.1, -0.05) is 54.6 Å². The zero-order valence-electron chi connectivity index (χ0n) is 13.0. The lowest BCUT2D eigenvalue weighted by molar-refractivity contribution is -0.0165. The lowest BCUT2D eigenvalue weighted by atomic mass is 9.96. The summed E-state index contributed by atoms with van der Waals surface area (Å²) in [4.78, 5) is 1.19. The van der Waals surface area contributed by atoms with Crippen LogP contribution in [0.4, 0.5) is 0 Å². The zero-order valence-corrected chi connectivity index (χ0v) is 13.8. The molecule has 0 saturated carbocycles. The van der Waals surface area contributed by atoms with Crippen LogP contribution < -0.4 is 4.74 Å². The van der Waals surface area contributed by atoms with E-state index in [1.807, 2.05) is 12.1 Å². The van der Waals surface area contributed by atoms with Crippen LogP contribution in [0.25, 0.3) is 0 Å². The molecule has 1 aromatic heterocycles. The Morgan fingerprint density at radius 3 is 2.62 bits per heavy atom. The number of benzene rings is 2. The van der Waals surface area contributed by atoms with Crippen LogP contribution >= 0.6 is 11.3 Å². The normalized spacial score (nSPS) is 21.7. The van der Waals surface area contributed by atoms with Crippen LogP contribution in [0.1, 0.15) is 34.7 Å². The van der Waals surface area contributed by atoms with Gasteiger partial charge in [-0.05, 0) is 23.1 Å². The van der Waals surface area contributed by atoms with Crippen molar-refractivity contribution in [1.82, 2.24) is 5.01 Å². The molecule has 0 saturated heterocycles. The molecule has 0 spiro atoms. The Hall–Kier alpha value is -2.59. The van der Waals surface area contributed by atoms with Crippen molar-refractivity contribution in [3.05, 3.63) is 88.1 Å². The molecule has 5 rings (SSSR count). The Bertz CT molecular complexity index is 889. The van der Waals surface area contributed by atoms with Crippen molar-refractivity contribution in [1.29, 1.82) is 0 Å². The van der Waals surface area contributed by atoms with E-state index in [9.17, 15) is 0 Å². The van der Waals surface area contributed by atoms with E-state index in [0.29, 0.717) is 0 Å². The summed E-state index contributed by atoms with van der Waals surface area (Å²) in [5.41, 5.74) is 3.54. The molecule has 0 fully saturated rings. The third-order valence-corrected chi connectivity index (χ3v) is 5.50. The van der Waals surface area contributed by atoms with Crippen LogP contribution in [0.2, 0.25) is 0 Å². The average Bonchev–Trinajstić information content (AvgIpc) is 3.32. The van der Waals surface area contributed by atoms with E-state index in [1.54, 1.807) is 11.3 Å². The smallest absolute Gasteiger partial charge is 0.222 e. The van der Waals surface area contributed by atoms with E-state index < -0.39 is 0 Å². The predicted octanol–water partition coefficient (Wildman–Crippen LogP) is 4.99. The first-order valence-corrected chi connectivity index (χ1v) is 8.98. The number of ether oxygens (including phenoxy) is 1. The molecular weight excluding hydrogens is 316 g/mol. The number of thiophene rings is 1. The molecule has 4 heteroatoms. The first-order chi connectivity index (χ1) is 11.9. The van der Waals surface area contributed by atoms with Crippen LogP contribution in [0.15, 0.2) is 77.2 Å². The van der Waals surface area contributed by atoms with Crippen LogP contribution in [-0.2, 0) is 0 Å². The molecule has 2 aromatic carbocycles. The fourth-order valence-corrected chi connectivity index (χ4v) is 4.20. The van der Waals surface area contributed by atoms with Gasteiger partial charge in [0.15, 0.2) is 0 Å². The summed E-state index contributed by atoms with van der Waals surface area (Å²) >= 11 is 1.71. The molecule has 24 heavy (non-hydrogen) atoms. The SMILES string of the molecule is c1ccc(C2=NN3[C@H](C2)c2ccccc2O[C@H]3c2cccs2)cc1. The van der Waals surface area contributed by atoms with E-state index >= 15 is 0 Å². The van der Waals surface area contributed by atoms with Crippen molar-refractivity contribution >= 4 is 17.0 Å². The fraction of sp³-hybridized carbons (Fsp3) is 0.150. The molecule has 3 aromatic rings. The standard InChI is InChI=1S/C20H16N2OS/c1-2-7-14(8-3-1)16-13-17-15-9-4-5-10-18(15)23-20(22(17)21-16)19-11-6-12-24-19/h1-12,17,20H,13H2/t17-,20+/m1/s1. The number of hydrazone groups is 1. The minimum Gasteiger partial charge on any atom is -0.464 e. The Morgan fingerprint density at radius 1 is 0.958 bits per heavy atom. The Balaban J connectivity index is 1.61. The monoisotopic (exact) mass is 332 g/mol. The minimum absolute atomic E-state index is 0.147. The molecule has 0 unspecified atom stereocenters. The molecule has 3 nitrogen and oxygen atoms in total. The highest BCUT2D eigenvalue weighted by atomic mass is 32.1. The van der Waals surface area contributed by atoms with Gasteiger partial charge in [0.25, 0.3) is 0 Å². The van der Waals surface area contributed by atoms with Gasteiger partial charge < -0.3 is 4.74 Å². The van der Waals surface area contributed by atoms with Crippen LogP contribution in [0, 0.1) is 0 Å². The third-order valence-electron chi connectivity index (χ3n) is 4.59. The van der Waals surface area contributed by atoms with Crippen LogP contribution in [-0.4, -0.2) is 10.7 Å². The van der Waals surface area contributed by atoms with Crippen molar-refractivity contribution in [3.63, 3.8) is 0 Å². The first kappa shape index (κ1) is 13.8. The van der Waals surface area contributed by atoms with Gasteiger partial charge in [-0.25, -0.2) is 5.01 Å². The molecule has 0 radical (unpaired) electrons. The number of hydrogen-bond acceptors (Lipinski definition) is 4. The maximum atomic E-state index is 6.30. The van der Waals surface area contributed by atoms with Crippen molar-refractivity contribution < 1.29 is 4.74 Å². The van der Waals surface area contributed by atoms with Gasteiger partial charge in [-0.15, -0.1) is 11.3 Å². The van der Waals surface area contributed by atoms with Crippen molar-refractivity contribution in [2.45, 2.75) is 18.7 Å². The second-order valence-corrected chi connectivity index (χ2v) is 7.02. The molecule has 2 aliphatic rings. The Kier molecular flexibility index (Phi) is 3.16. The third kappa shape index (κ3) is 2.14. The number of nitrogens with zero attached hydrogens (tertiary/aromatic N) is 2. The first-order valence-electron chi connectivity index (χ1n) is 8.10. The largest absolute Gasteiger partial charge is 0.464 e. The van der Waals surface area contributed by atoms with Crippen LogP contribution in [0.3, 0.4) is 0 Å². The van der Waals surface area contributed by atoms with Gasteiger partial charge in [0, 0.05) is 12.0 Å². The minimum atomic E-state index is -0.147. The van der Waals surface area contributed by atoms with Crippen molar-refractivity contribution in [2.24, 2.45) is 5.10 Å². The van der Waals surface area contributed by atoms with E-state index in [0.717, 1.165) is 17.9 Å². The lowest BCUT2D eigenvalue weighted by Gasteiger charge is -2.37. The number of rotatable bonds is 2. The fourth-order valence-electron chi connectivity index (χ4n) is 3.46. The highest BCUT2D eigenvalue weighted by Crippen LogP contribution is 2.47. The molecule has 0 amide bonds.